The van der Waals surface area contributed by atoms with Gasteiger partial charge in [-0.15, -0.1) is 0 Å². The summed E-state index contributed by atoms with van der Waals surface area (Å²) in [4.78, 5) is 11.3. The van der Waals surface area contributed by atoms with Crippen molar-refractivity contribution in [2.24, 2.45) is 5.92 Å². The molecule has 1 fully saturated rings. The number of hydrogen-bond acceptors (Lipinski definition) is 2. The van der Waals surface area contributed by atoms with Gasteiger partial charge in [-0.1, -0.05) is 0 Å². The van der Waals surface area contributed by atoms with E-state index in [1.807, 2.05) is 12.2 Å². The fourth-order valence-corrected chi connectivity index (χ4v) is 1.54. The molecule has 3 nitrogen and oxygen atoms in total. The minimum atomic E-state index is -4.35. The molecule has 0 aromatic carbocycles. The number of hydrogen-bond donors (Lipinski definition) is 2. The van der Waals surface area contributed by atoms with Crippen molar-refractivity contribution < 1.29 is 18.0 Å². The maximum absolute atomic E-state index is 11.8. The van der Waals surface area contributed by atoms with Crippen molar-refractivity contribution in [2.45, 2.75) is 44.9 Å². The summed E-state index contributed by atoms with van der Waals surface area (Å²) in [7, 11) is 0. The number of amides is 1. The maximum atomic E-state index is 11.8. The number of carbonyl (C=O) groups is 1. The molecule has 1 rings (SSSR count). The molecular formula is C10H17F3N2O. The van der Waals surface area contributed by atoms with Crippen LogP contribution in [0.4, 0.5) is 13.2 Å². The third-order valence-corrected chi connectivity index (χ3v) is 2.70. The van der Waals surface area contributed by atoms with E-state index in [4.69, 9.17) is 0 Å². The highest BCUT2D eigenvalue weighted by Gasteiger charge is 2.31. The lowest BCUT2D eigenvalue weighted by Gasteiger charge is -2.19. The van der Waals surface area contributed by atoms with Gasteiger partial charge in [0.25, 0.3) is 0 Å². The van der Waals surface area contributed by atoms with E-state index in [9.17, 15) is 18.0 Å². The number of nitrogens with one attached hydrogen (secondary N) is 2. The Morgan fingerprint density at radius 3 is 2.38 bits per heavy atom. The Labute approximate surface area is 92.8 Å². The smallest absolute Gasteiger partial charge is 0.346 e. The van der Waals surface area contributed by atoms with Gasteiger partial charge < -0.3 is 10.6 Å². The van der Waals surface area contributed by atoms with E-state index in [0.29, 0.717) is 5.92 Å². The predicted molar refractivity (Wildman–Crippen MR) is 53.8 cm³/mol. The molecule has 0 bridgehead atoms. The molecule has 1 aliphatic carbocycles. The van der Waals surface area contributed by atoms with Crippen LogP contribution in [0.1, 0.15) is 26.7 Å². The van der Waals surface area contributed by atoms with Gasteiger partial charge in [0, 0.05) is 6.04 Å². The molecule has 1 amide bonds. The van der Waals surface area contributed by atoms with Crippen LogP contribution in [0.2, 0.25) is 0 Å². The highest BCUT2D eigenvalue weighted by atomic mass is 19.4. The van der Waals surface area contributed by atoms with Crippen molar-refractivity contribution in [3.63, 3.8) is 0 Å². The summed E-state index contributed by atoms with van der Waals surface area (Å²) in [6.07, 6.45) is -2.09. The second-order valence-corrected chi connectivity index (χ2v) is 4.35. The van der Waals surface area contributed by atoms with Gasteiger partial charge in [-0.25, -0.2) is 0 Å². The van der Waals surface area contributed by atoms with Crippen molar-refractivity contribution in [3.05, 3.63) is 0 Å². The molecule has 2 N–H and O–H groups in total. The molecule has 6 heteroatoms. The Morgan fingerprint density at radius 1 is 1.38 bits per heavy atom. The molecule has 94 valence electrons. The molecule has 0 aliphatic heterocycles. The SMILES string of the molecule is CC(NC(C)C1CC1)C(=O)NCC(F)(F)F. The highest BCUT2D eigenvalue weighted by Crippen LogP contribution is 2.32. The van der Waals surface area contributed by atoms with Gasteiger partial charge in [-0.3, -0.25) is 4.79 Å². The van der Waals surface area contributed by atoms with Gasteiger partial charge in [0.2, 0.25) is 5.91 Å². The minimum Gasteiger partial charge on any atom is -0.346 e. The van der Waals surface area contributed by atoms with Crippen LogP contribution >= 0.6 is 0 Å². The van der Waals surface area contributed by atoms with E-state index in [2.05, 4.69) is 5.32 Å². The molecule has 0 saturated heterocycles. The van der Waals surface area contributed by atoms with E-state index in [1.165, 1.54) is 0 Å². The molecule has 0 radical (unpaired) electrons. The van der Waals surface area contributed by atoms with Crippen LogP contribution in [0.3, 0.4) is 0 Å². The standard InChI is InChI=1S/C10H17F3N2O/c1-6(8-3-4-8)15-7(2)9(16)14-5-10(11,12)13/h6-8,15H,3-5H2,1-2H3,(H,14,16). The Morgan fingerprint density at radius 2 is 1.94 bits per heavy atom. The van der Waals surface area contributed by atoms with Crippen LogP contribution < -0.4 is 10.6 Å². The van der Waals surface area contributed by atoms with Gasteiger partial charge >= 0.3 is 6.18 Å². The third kappa shape index (κ3) is 4.83. The number of carbonyl (C=O) groups excluding carboxylic acids is 1. The first-order valence-electron chi connectivity index (χ1n) is 5.40. The molecule has 1 saturated carbocycles. The van der Waals surface area contributed by atoms with E-state index >= 15 is 0 Å². The minimum absolute atomic E-state index is 0.187. The van der Waals surface area contributed by atoms with Gasteiger partial charge in [-0.05, 0) is 32.6 Å². The number of halogens is 3. The zero-order valence-electron chi connectivity index (χ0n) is 9.40. The fraction of sp³-hybridized carbons (Fsp3) is 0.900. The fourth-order valence-electron chi connectivity index (χ4n) is 1.54. The molecule has 0 spiro atoms. The normalized spacial score (nSPS) is 20.3. The predicted octanol–water partition coefficient (Wildman–Crippen LogP) is 1.44. The quantitative estimate of drug-likeness (QED) is 0.761. The summed E-state index contributed by atoms with van der Waals surface area (Å²) in [6.45, 7) is 2.26. The van der Waals surface area contributed by atoms with Crippen molar-refractivity contribution in [3.8, 4) is 0 Å². The summed E-state index contributed by atoms with van der Waals surface area (Å²) in [5, 5.41) is 4.86. The molecule has 2 unspecified atom stereocenters. The Hall–Kier alpha value is -0.780. The molecule has 2 atom stereocenters. The number of rotatable bonds is 5. The van der Waals surface area contributed by atoms with Crippen molar-refractivity contribution in [1.82, 2.24) is 10.6 Å². The summed E-state index contributed by atoms with van der Waals surface area (Å²) in [6, 6.07) is -0.399. The van der Waals surface area contributed by atoms with Gasteiger partial charge in [0.05, 0.1) is 6.04 Å². The third-order valence-electron chi connectivity index (χ3n) is 2.70. The van der Waals surface area contributed by atoms with Crippen molar-refractivity contribution in [2.75, 3.05) is 6.54 Å². The lowest BCUT2D eigenvalue weighted by atomic mass is 10.2. The average molecular weight is 238 g/mol. The maximum Gasteiger partial charge on any atom is 0.405 e. The summed E-state index contributed by atoms with van der Waals surface area (Å²) in [5.74, 6) is -0.0392. The van der Waals surface area contributed by atoms with E-state index in [-0.39, 0.29) is 6.04 Å². The molecule has 0 aromatic heterocycles. The van der Waals surface area contributed by atoms with E-state index in [0.717, 1.165) is 12.8 Å². The molecule has 0 aromatic rings. The lowest BCUT2D eigenvalue weighted by molar-refractivity contribution is -0.139. The Kier molecular flexibility index (Phi) is 4.18. The summed E-state index contributed by atoms with van der Waals surface area (Å²) < 4.78 is 35.5. The van der Waals surface area contributed by atoms with Crippen molar-refractivity contribution in [1.29, 1.82) is 0 Å². The van der Waals surface area contributed by atoms with Crippen molar-refractivity contribution >= 4 is 5.91 Å². The zero-order chi connectivity index (χ0) is 12.3. The van der Waals surface area contributed by atoms with Crippen LogP contribution in [0.5, 0.6) is 0 Å². The van der Waals surface area contributed by atoms with Crippen LogP contribution in [0.25, 0.3) is 0 Å². The van der Waals surface area contributed by atoms with E-state index < -0.39 is 24.7 Å². The summed E-state index contributed by atoms with van der Waals surface area (Å²) >= 11 is 0. The van der Waals surface area contributed by atoms with Crippen LogP contribution in [0.15, 0.2) is 0 Å². The lowest BCUT2D eigenvalue weighted by Crippen LogP contribution is -2.48. The molecule has 1 aliphatic rings. The first-order valence-corrected chi connectivity index (χ1v) is 5.40. The second kappa shape index (κ2) is 5.03. The average Bonchev–Trinajstić information content (AvgIpc) is 2.95. The monoisotopic (exact) mass is 238 g/mol. The highest BCUT2D eigenvalue weighted by molar-refractivity contribution is 5.81. The molecule has 0 heterocycles. The number of alkyl halides is 3. The first kappa shape index (κ1) is 13.3. The second-order valence-electron chi connectivity index (χ2n) is 4.35. The molecule has 16 heavy (non-hydrogen) atoms. The Bertz CT molecular complexity index is 251. The van der Waals surface area contributed by atoms with Crippen LogP contribution in [0, 0.1) is 5.92 Å². The topological polar surface area (TPSA) is 41.1 Å². The summed E-state index contributed by atoms with van der Waals surface area (Å²) in [5.41, 5.74) is 0. The van der Waals surface area contributed by atoms with Crippen LogP contribution in [-0.4, -0.2) is 30.7 Å². The van der Waals surface area contributed by atoms with Crippen LogP contribution in [-0.2, 0) is 4.79 Å². The zero-order valence-corrected chi connectivity index (χ0v) is 9.40. The van der Waals surface area contributed by atoms with Gasteiger partial charge in [-0.2, -0.15) is 13.2 Å². The van der Waals surface area contributed by atoms with E-state index in [1.54, 1.807) is 6.92 Å². The van der Waals surface area contributed by atoms with Gasteiger partial charge in [0.1, 0.15) is 6.54 Å². The first-order chi connectivity index (χ1) is 7.29. The Balaban J connectivity index is 2.24. The molecular weight excluding hydrogens is 221 g/mol. The largest absolute Gasteiger partial charge is 0.405 e. The van der Waals surface area contributed by atoms with Gasteiger partial charge in [0.15, 0.2) is 0 Å².